The van der Waals surface area contributed by atoms with E-state index in [4.69, 9.17) is 0 Å². The molecule has 130 valence electrons. The minimum atomic E-state index is -4.76. The van der Waals surface area contributed by atoms with E-state index in [1.807, 2.05) is 5.32 Å². The number of imide groups is 1. The standard InChI is InChI=1S/C14H14F3N3O4/c1-24-13(23)20-6-2-3-10(20)12(22)19-11(21)8-7-18-5-4-9(8)14(15,16)17/h4-5,7,10H,2-3,6H2,1H3,(H,19,21,22). The molecule has 1 aromatic heterocycles. The van der Waals surface area contributed by atoms with Gasteiger partial charge in [0.2, 0.25) is 5.91 Å². The van der Waals surface area contributed by atoms with Gasteiger partial charge in [0.05, 0.1) is 18.2 Å². The van der Waals surface area contributed by atoms with Gasteiger partial charge in [-0.25, -0.2) is 4.79 Å². The number of pyridine rings is 1. The maximum absolute atomic E-state index is 12.9. The Kier molecular flexibility index (Phi) is 5.05. The van der Waals surface area contributed by atoms with Crippen LogP contribution in [0.15, 0.2) is 18.5 Å². The summed E-state index contributed by atoms with van der Waals surface area (Å²) < 4.78 is 43.2. The summed E-state index contributed by atoms with van der Waals surface area (Å²) in [6, 6.07) is -0.317. The summed E-state index contributed by atoms with van der Waals surface area (Å²) >= 11 is 0. The fourth-order valence-corrected chi connectivity index (χ4v) is 2.46. The normalized spacial score (nSPS) is 17.5. The molecule has 0 aliphatic carbocycles. The number of ether oxygens (including phenoxy) is 1. The van der Waals surface area contributed by atoms with Crippen molar-refractivity contribution < 1.29 is 32.3 Å². The third-order valence-corrected chi connectivity index (χ3v) is 3.57. The fraction of sp³-hybridized carbons (Fsp3) is 0.429. The van der Waals surface area contributed by atoms with Crippen LogP contribution in [0.25, 0.3) is 0 Å². The van der Waals surface area contributed by atoms with Gasteiger partial charge < -0.3 is 4.74 Å². The summed E-state index contributed by atoms with van der Waals surface area (Å²) in [4.78, 5) is 40.3. The van der Waals surface area contributed by atoms with E-state index >= 15 is 0 Å². The van der Waals surface area contributed by atoms with Crippen LogP contribution < -0.4 is 5.32 Å². The van der Waals surface area contributed by atoms with Crippen molar-refractivity contribution in [2.45, 2.75) is 25.1 Å². The van der Waals surface area contributed by atoms with Crippen LogP contribution in [-0.4, -0.2) is 47.5 Å². The van der Waals surface area contributed by atoms with E-state index in [0.29, 0.717) is 12.5 Å². The van der Waals surface area contributed by atoms with Gasteiger partial charge in [0.1, 0.15) is 6.04 Å². The average Bonchev–Trinajstić information content (AvgIpc) is 3.03. The lowest BCUT2D eigenvalue weighted by atomic mass is 10.1. The maximum Gasteiger partial charge on any atom is 0.417 e. The molecule has 1 aliphatic rings. The number of alkyl halides is 3. The number of carbonyl (C=O) groups excluding carboxylic acids is 3. The number of carbonyl (C=O) groups is 3. The largest absolute Gasteiger partial charge is 0.453 e. The highest BCUT2D eigenvalue weighted by atomic mass is 19.4. The van der Waals surface area contributed by atoms with E-state index in [1.165, 1.54) is 0 Å². The maximum atomic E-state index is 12.9. The minimum Gasteiger partial charge on any atom is -0.453 e. The van der Waals surface area contributed by atoms with E-state index in [0.717, 1.165) is 24.4 Å². The van der Waals surface area contributed by atoms with E-state index in [-0.39, 0.29) is 13.0 Å². The number of methoxy groups -OCH3 is 1. The summed E-state index contributed by atoms with van der Waals surface area (Å²) in [6.07, 6.45) is -3.06. The van der Waals surface area contributed by atoms with Crippen molar-refractivity contribution in [3.05, 3.63) is 29.6 Å². The number of halogens is 3. The molecule has 1 aromatic rings. The molecule has 3 amide bonds. The van der Waals surface area contributed by atoms with Crippen molar-refractivity contribution in [2.24, 2.45) is 0 Å². The number of nitrogens with zero attached hydrogens (tertiary/aromatic N) is 2. The van der Waals surface area contributed by atoms with Crippen LogP contribution in [-0.2, 0) is 15.7 Å². The Morgan fingerprint density at radius 3 is 2.71 bits per heavy atom. The molecule has 24 heavy (non-hydrogen) atoms. The molecule has 1 aliphatic heterocycles. The molecule has 1 fully saturated rings. The Morgan fingerprint density at radius 2 is 2.08 bits per heavy atom. The zero-order valence-electron chi connectivity index (χ0n) is 12.6. The molecule has 1 atom stereocenters. The first-order valence-corrected chi connectivity index (χ1v) is 6.96. The Balaban J connectivity index is 2.16. The summed E-state index contributed by atoms with van der Waals surface area (Å²) in [5.41, 5.74) is -1.96. The number of rotatable bonds is 2. The lowest BCUT2D eigenvalue weighted by Gasteiger charge is -2.22. The van der Waals surface area contributed by atoms with Crippen LogP contribution in [0.4, 0.5) is 18.0 Å². The minimum absolute atomic E-state index is 0.264. The zero-order chi connectivity index (χ0) is 17.9. The Labute approximate surface area is 134 Å². The van der Waals surface area contributed by atoms with Gasteiger partial charge in [-0.1, -0.05) is 0 Å². The van der Waals surface area contributed by atoms with Gasteiger partial charge in [0.25, 0.3) is 5.91 Å². The first-order valence-electron chi connectivity index (χ1n) is 6.96. The van der Waals surface area contributed by atoms with Gasteiger partial charge in [0, 0.05) is 18.9 Å². The molecule has 0 aromatic carbocycles. The molecule has 0 spiro atoms. The number of amides is 3. The van der Waals surface area contributed by atoms with Crippen molar-refractivity contribution >= 4 is 17.9 Å². The second-order valence-electron chi connectivity index (χ2n) is 5.06. The highest BCUT2D eigenvalue weighted by molar-refractivity contribution is 6.07. The van der Waals surface area contributed by atoms with Crippen LogP contribution in [0.2, 0.25) is 0 Å². The molecule has 0 bridgehead atoms. The van der Waals surface area contributed by atoms with E-state index in [1.54, 1.807) is 0 Å². The van der Waals surface area contributed by atoms with Gasteiger partial charge in [-0.3, -0.25) is 24.8 Å². The van der Waals surface area contributed by atoms with Gasteiger partial charge in [0.15, 0.2) is 0 Å². The van der Waals surface area contributed by atoms with Gasteiger partial charge in [-0.2, -0.15) is 13.2 Å². The van der Waals surface area contributed by atoms with Gasteiger partial charge in [-0.15, -0.1) is 0 Å². The smallest absolute Gasteiger partial charge is 0.417 e. The van der Waals surface area contributed by atoms with E-state index < -0.39 is 41.3 Å². The lowest BCUT2D eigenvalue weighted by molar-refractivity contribution is -0.138. The van der Waals surface area contributed by atoms with Crippen molar-refractivity contribution in [3.8, 4) is 0 Å². The molecule has 2 heterocycles. The zero-order valence-corrected chi connectivity index (χ0v) is 12.6. The summed E-state index contributed by atoms with van der Waals surface area (Å²) in [7, 11) is 1.14. The number of nitrogens with one attached hydrogen (secondary N) is 1. The number of hydrogen-bond acceptors (Lipinski definition) is 5. The van der Waals surface area contributed by atoms with Crippen LogP contribution in [0.5, 0.6) is 0 Å². The summed E-state index contributed by atoms with van der Waals surface area (Å²) in [5.74, 6) is -2.09. The average molecular weight is 345 g/mol. The van der Waals surface area contributed by atoms with Crippen molar-refractivity contribution in [1.82, 2.24) is 15.2 Å². The Morgan fingerprint density at radius 1 is 1.38 bits per heavy atom. The number of aromatic nitrogens is 1. The molecule has 0 saturated carbocycles. The van der Waals surface area contributed by atoms with Crippen LogP contribution in [0.1, 0.15) is 28.8 Å². The first kappa shape index (κ1) is 17.7. The second kappa shape index (κ2) is 6.85. The monoisotopic (exact) mass is 345 g/mol. The quantitative estimate of drug-likeness (QED) is 0.823. The van der Waals surface area contributed by atoms with Crippen molar-refractivity contribution in [1.29, 1.82) is 0 Å². The SMILES string of the molecule is COC(=O)N1CCCC1C(=O)NC(=O)c1cnccc1C(F)(F)F. The predicted octanol–water partition coefficient (Wildman–Crippen LogP) is 1.59. The molecule has 1 saturated heterocycles. The Hall–Kier alpha value is -2.65. The Bertz CT molecular complexity index is 663. The molecule has 2 rings (SSSR count). The third-order valence-electron chi connectivity index (χ3n) is 3.57. The van der Waals surface area contributed by atoms with Crippen LogP contribution in [0, 0.1) is 0 Å². The fourth-order valence-electron chi connectivity index (χ4n) is 2.46. The summed E-state index contributed by atoms with van der Waals surface area (Å²) in [6.45, 7) is 0.264. The lowest BCUT2D eigenvalue weighted by Crippen LogP contribution is -2.47. The third kappa shape index (κ3) is 3.63. The van der Waals surface area contributed by atoms with Gasteiger partial charge >= 0.3 is 12.3 Å². The predicted molar refractivity (Wildman–Crippen MR) is 73.8 cm³/mol. The van der Waals surface area contributed by atoms with Crippen LogP contribution in [0.3, 0.4) is 0 Å². The van der Waals surface area contributed by atoms with Crippen molar-refractivity contribution in [2.75, 3.05) is 13.7 Å². The molecule has 1 unspecified atom stereocenters. The summed E-state index contributed by atoms with van der Waals surface area (Å²) in [5, 5.41) is 1.89. The van der Waals surface area contributed by atoms with E-state index in [9.17, 15) is 27.6 Å². The molecule has 7 nitrogen and oxygen atoms in total. The highest BCUT2D eigenvalue weighted by Gasteiger charge is 2.38. The molecule has 1 N–H and O–H groups in total. The molecule has 0 radical (unpaired) electrons. The number of likely N-dealkylation sites (tertiary alicyclic amines) is 1. The first-order chi connectivity index (χ1) is 11.3. The topological polar surface area (TPSA) is 88.6 Å². The molecule has 10 heteroatoms. The number of hydrogen-bond donors (Lipinski definition) is 1. The second-order valence-corrected chi connectivity index (χ2v) is 5.06. The van der Waals surface area contributed by atoms with Crippen LogP contribution >= 0.6 is 0 Å². The highest BCUT2D eigenvalue weighted by Crippen LogP contribution is 2.31. The van der Waals surface area contributed by atoms with Gasteiger partial charge in [-0.05, 0) is 18.9 Å². The van der Waals surface area contributed by atoms with Crippen molar-refractivity contribution in [3.63, 3.8) is 0 Å². The molecular formula is C14H14F3N3O4. The molecular weight excluding hydrogens is 331 g/mol. The van der Waals surface area contributed by atoms with E-state index in [2.05, 4.69) is 9.72 Å².